The Labute approximate surface area is 112 Å². The van der Waals surface area contributed by atoms with E-state index in [0.717, 1.165) is 18.5 Å². The number of piperidine rings is 1. The number of halogens is 1. The van der Waals surface area contributed by atoms with Crippen molar-refractivity contribution < 1.29 is 4.79 Å². The monoisotopic (exact) mass is 271 g/mol. The Kier molecular flexibility index (Phi) is 4.93. The maximum absolute atomic E-state index is 12.1. The molecular formula is C12H18ClN3O2. The fraction of sp³-hybridized carbons (Fsp3) is 0.500. The maximum atomic E-state index is 12.1. The molecule has 0 aliphatic carbocycles. The molecule has 0 bridgehead atoms. The summed E-state index contributed by atoms with van der Waals surface area (Å²) in [5.74, 6) is -0.221. The van der Waals surface area contributed by atoms with E-state index in [4.69, 9.17) is 5.73 Å². The molecule has 2 rings (SSSR count). The van der Waals surface area contributed by atoms with Crippen LogP contribution >= 0.6 is 12.4 Å². The zero-order valence-electron chi connectivity index (χ0n) is 10.3. The minimum Gasteiger partial charge on any atom is -0.337 e. The molecule has 1 saturated heterocycles. The average Bonchev–Trinajstić information content (AvgIpc) is 2.28. The number of aromatic amines is 1. The molecule has 3 N–H and O–H groups in total. The summed E-state index contributed by atoms with van der Waals surface area (Å²) in [6, 6.07) is 3.34. The number of H-pyrrole nitrogens is 1. The van der Waals surface area contributed by atoms with Crippen LogP contribution in [0.3, 0.4) is 0 Å². The molecule has 0 radical (unpaired) electrons. The van der Waals surface area contributed by atoms with Gasteiger partial charge in [0, 0.05) is 24.8 Å². The maximum Gasteiger partial charge on any atom is 0.260 e. The summed E-state index contributed by atoms with van der Waals surface area (Å²) in [5, 5.41) is 0. The first-order chi connectivity index (χ1) is 8.08. The van der Waals surface area contributed by atoms with Crippen molar-refractivity contribution in [3.05, 3.63) is 33.7 Å². The SMILES string of the molecule is Cc1ccc(C(=O)N2CCC[C@@H](N)C2)c(=O)[nH]1.Cl. The van der Waals surface area contributed by atoms with Crippen LogP contribution in [0.4, 0.5) is 0 Å². The van der Waals surface area contributed by atoms with Crippen LogP contribution in [-0.2, 0) is 0 Å². The number of carbonyl (C=O) groups excluding carboxylic acids is 1. The lowest BCUT2D eigenvalue weighted by Gasteiger charge is -2.30. The first kappa shape index (κ1) is 14.7. The first-order valence-corrected chi connectivity index (χ1v) is 5.82. The summed E-state index contributed by atoms with van der Waals surface area (Å²) >= 11 is 0. The van der Waals surface area contributed by atoms with Gasteiger partial charge in [-0.3, -0.25) is 9.59 Å². The summed E-state index contributed by atoms with van der Waals surface area (Å²) in [4.78, 5) is 28.1. The highest BCUT2D eigenvalue weighted by atomic mass is 35.5. The summed E-state index contributed by atoms with van der Waals surface area (Å²) in [6.45, 7) is 3.00. The second kappa shape index (κ2) is 6.02. The molecule has 18 heavy (non-hydrogen) atoms. The van der Waals surface area contributed by atoms with E-state index < -0.39 is 0 Å². The number of hydrogen-bond donors (Lipinski definition) is 2. The van der Waals surface area contributed by atoms with Crippen molar-refractivity contribution in [2.24, 2.45) is 5.73 Å². The van der Waals surface area contributed by atoms with Crippen LogP contribution in [0.5, 0.6) is 0 Å². The second-order valence-electron chi connectivity index (χ2n) is 4.54. The van der Waals surface area contributed by atoms with Crippen LogP contribution in [0.2, 0.25) is 0 Å². The number of aromatic nitrogens is 1. The van der Waals surface area contributed by atoms with Crippen molar-refractivity contribution in [3.63, 3.8) is 0 Å². The molecule has 1 aliphatic rings. The van der Waals surface area contributed by atoms with Gasteiger partial charge in [-0.05, 0) is 31.9 Å². The number of nitrogens with zero attached hydrogens (tertiary/aromatic N) is 1. The minimum atomic E-state index is -0.325. The van der Waals surface area contributed by atoms with Gasteiger partial charge in [-0.1, -0.05) is 0 Å². The fourth-order valence-corrected chi connectivity index (χ4v) is 2.11. The van der Waals surface area contributed by atoms with E-state index in [1.807, 2.05) is 0 Å². The molecule has 1 fully saturated rings. The van der Waals surface area contributed by atoms with Gasteiger partial charge in [-0.2, -0.15) is 0 Å². The third-order valence-corrected chi connectivity index (χ3v) is 3.03. The lowest BCUT2D eigenvalue weighted by atomic mass is 10.1. The summed E-state index contributed by atoms with van der Waals surface area (Å²) in [6.07, 6.45) is 1.84. The predicted molar refractivity (Wildman–Crippen MR) is 72.2 cm³/mol. The van der Waals surface area contributed by atoms with Crippen molar-refractivity contribution in [2.75, 3.05) is 13.1 Å². The van der Waals surface area contributed by atoms with Gasteiger partial charge in [-0.25, -0.2) is 0 Å². The Morgan fingerprint density at radius 2 is 2.22 bits per heavy atom. The first-order valence-electron chi connectivity index (χ1n) is 5.82. The molecule has 0 unspecified atom stereocenters. The molecule has 0 aromatic carbocycles. The van der Waals surface area contributed by atoms with Gasteiger partial charge in [0.25, 0.3) is 11.5 Å². The van der Waals surface area contributed by atoms with Crippen molar-refractivity contribution in [3.8, 4) is 0 Å². The van der Waals surface area contributed by atoms with E-state index >= 15 is 0 Å². The van der Waals surface area contributed by atoms with Crippen LogP contribution in [0, 0.1) is 6.92 Å². The summed E-state index contributed by atoms with van der Waals surface area (Å²) in [5.41, 5.74) is 6.45. The highest BCUT2D eigenvalue weighted by Crippen LogP contribution is 2.10. The van der Waals surface area contributed by atoms with Crippen LogP contribution < -0.4 is 11.3 Å². The molecule has 0 spiro atoms. The number of aryl methyl sites for hydroxylation is 1. The number of nitrogens with two attached hydrogens (primary N) is 1. The van der Waals surface area contributed by atoms with Crippen molar-refractivity contribution >= 4 is 18.3 Å². The quantitative estimate of drug-likeness (QED) is 0.788. The van der Waals surface area contributed by atoms with E-state index in [9.17, 15) is 9.59 Å². The molecule has 5 nitrogen and oxygen atoms in total. The molecular weight excluding hydrogens is 254 g/mol. The van der Waals surface area contributed by atoms with Crippen LogP contribution in [-0.4, -0.2) is 34.9 Å². The minimum absolute atomic E-state index is 0. The number of pyridine rings is 1. The molecule has 1 aliphatic heterocycles. The molecule has 1 atom stereocenters. The normalized spacial score (nSPS) is 19.2. The third kappa shape index (κ3) is 3.11. The highest BCUT2D eigenvalue weighted by Gasteiger charge is 2.23. The summed E-state index contributed by atoms with van der Waals surface area (Å²) in [7, 11) is 0. The molecule has 0 saturated carbocycles. The number of rotatable bonds is 1. The standard InChI is InChI=1S/C12H17N3O2.ClH/c1-8-4-5-10(11(16)14-8)12(17)15-6-2-3-9(13)7-15;/h4-5,9H,2-3,6-7,13H2,1H3,(H,14,16);1H/t9-;/m1./s1. The molecule has 1 aromatic heterocycles. The zero-order valence-corrected chi connectivity index (χ0v) is 11.1. The molecule has 6 heteroatoms. The zero-order chi connectivity index (χ0) is 12.4. The predicted octanol–water partition coefficient (Wildman–Crippen LogP) is 0.668. The van der Waals surface area contributed by atoms with E-state index in [-0.39, 0.29) is 35.5 Å². The number of likely N-dealkylation sites (tertiary alicyclic amines) is 1. The van der Waals surface area contributed by atoms with Crippen LogP contribution in [0.15, 0.2) is 16.9 Å². The van der Waals surface area contributed by atoms with E-state index in [0.29, 0.717) is 13.1 Å². The molecule has 100 valence electrons. The smallest absolute Gasteiger partial charge is 0.260 e. The van der Waals surface area contributed by atoms with Gasteiger partial charge in [0.1, 0.15) is 5.56 Å². The van der Waals surface area contributed by atoms with Gasteiger partial charge >= 0.3 is 0 Å². The number of nitrogens with one attached hydrogen (secondary N) is 1. The van der Waals surface area contributed by atoms with Crippen molar-refractivity contribution in [2.45, 2.75) is 25.8 Å². The number of amides is 1. The topological polar surface area (TPSA) is 79.2 Å². The highest BCUT2D eigenvalue weighted by molar-refractivity contribution is 5.93. The van der Waals surface area contributed by atoms with Crippen molar-refractivity contribution in [1.29, 1.82) is 0 Å². The van der Waals surface area contributed by atoms with Gasteiger partial charge in [0.2, 0.25) is 0 Å². The number of hydrogen-bond acceptors (Lipinski definition) is 3. The van der Waals surface area contributed by atoms with Gasteiger partial charge in [-0.15, -0.1) is 12.4 Å². The van der Waals surface area contributed by atoms with Crippen LogP contribution in [0.1, 0.15) is 28.9 Å². The molecule has 1 aromatic rings. The molecule has 1 amide bonds. The summed E-state index contributed by atoms with van der Waals surface area (Å²) < 4.78 is 0. The van der Waals surface area contributed by atoms with E-state index in [1.54, 1.807) is 24.0 Å². The Morgan fingerprint density at radius 3 is 2.83 bits per heavy atom. The largest absolute Gasteiger partial charge is 0.337 e. The van der Waals surface area contributed by atoms with E-state index in [1.165, 1.54) is 0 Å². The molecule has 2 heterocycles. The lowest BCUT2D eigenvalue weighted by Crippen LogP contribution is -2.46. The Bertz CT molecular complexity index is 486. The fourth-order valence-electron chi connectivity index (χ4n) is 2.11. The Balaban J connectivity index is 0.00000162. The Morgan fingerprint density at radius 1 is 1.50 bits per heavy atom. The van der Waals surface area contributed by atoms with Gasteiger partial charge in [0.05, 0.1) is 0 Å². The van der Waals surface area contributed by atoms with Crippen LogP contribution in [0.25, 0.3) is 0 Å². The van der Waals surface area contributed by atoms with Crippen molar-refractivity contribution in [1.82, 2.24) is 9.88 Å². The average molecular weight is 272 g/mol. The second-order valence-corrected chi connectivity index (χ2v) is 4.54. The number of carbonyl (C=O) groups is 1. The van der Waals surface area contributed by atoms with Gasteiger partial charge < -0.3 is 15.6 Å². The lowest BCUT2D eigenvalue weighted by molar-refractivity contribution is 0.0707. The Hall–Kier alpha value is -1.33. The third-order valence-electron chi connectivity index (χ3n) is 3.03. The van der Waals surface area contributed by atoms with Gasteiger partial charge in [0.15, 0.2) is 0 Å². The van der Waals surface area contributed by atoms with E-state index in [2.05, 4.69) is 4.98 Å².